The predicted molar refractivity (Wildman–Crippen MR) is 57.0 cm³/mol. The van der Waals surface area contributed by atoms with E-state index in [-0.39, 0.29) is 0 Å². The molecule has 1 unspecified atom stereocenters. The van der Waals surface area contributed by atoms with Crippen molar-refractivity contribution in [3.8, 4) is 0 Å². The Balaban J connectivity index is 2.34. The first-order chi connectivity index (χ1) is 7.54. The number of carbonyl (C=O) groups excluding carboxylic acids is 1. The summed E-state index contributed by atoms with van der Waals surface area (Å²) in [5.41, 5.74) is 0. The number of aliphatic hydroxyl groups excluding tert-OH is 1. The molecule has 0 aromatic carbocycles. The van der Waals surface area contributed by atoms with Crippen molar-refractivity contribution in [2.45, 2.75) is 25.3 Å². The second-order valence-corrected chi connectivity index (χ2v) is 4.20. The molecule has 0 aromatic rings. The molecule has 92 valence electrons. The van der Waals surface area contributed by atoms with Gasteiger partial charge < -0.3 is 20.4 Å². The number of rotatable bonds is 5. The van der Waals surface area contributed by atoms with Crippen LogP contribution in [0.25, 0.3) is 0 Å². The van der Waals surface area contributed by atoms with Gasteiger partial charge in [0.25, 0.3) is 0 Å². The van der Waals surface area contributed by atoms with Gasteiger partial charge in [-0.15, -0.1) is 0 Å². The Kier molecular flexibility index (Phi) is 4.54. The Morgan fingerprint density at radius 2 is 2.12 bits per heavy atom. The molecule has 6 heteroatoms. The third-order valence-electron chi connectivity index (χ3n) is 2.88. The standard InChI is InChI=1S/C10H18N2O4/c1-12(5-7-3-2-4-7)10(16)11-8(6-13)9(14)15/h7-8,13H,2-6H2,1H3,(H,11,16)(H,14,15). The molecule has 1 rings (SSSR count). The number of nitrogens with zero attached hydrogens (tertiary/aromatic N) is 1. The van der Waals surface area contributed by atoms with Crippen molar-refractivity contribution in [3.63, 3.8) is 0 Å². The monoisotopic (exact) mass is 230 g/mol. The average molecular weight is 230 g/mol. The van der Waals surface area contributed by atoms with Crippen molar-refractivity contribution in [1.29, 1.82) is 0 Å². The minimum Gasteiger partial charge on any atom is -0.480 e. The van der Waals surface area contributed by atoms with Crippen molar-refractivity contribution in [1.82, 2.24) is 10.2 Å². The van der Waals surface area contributed by atoms with Crippen LogP contribution in [0.1, 0.15) is 19.3 Å². The van der Waals surface area contributed by atoms with Crippen LogP contribution in [-0.4, -0.2) is 53.4 Å². The highest BCUT2D eigenvalue weighted by atomic mass is 16.4. The van der Waals surface area contributed by atoms with Gasteiger partial charge in [0.15, 0.2) is 6.04 Å². The van der Waals surface area contributed by atoms with Crippen LogP contribution >= 0.6 is 0 Å². The number of hydrogen-bond donors (Lipinski definition) is 3. The highest BCUT2D eigenvalue weighted by Gasteiger charge is 2.24. The highest BCUT2D eigenvalue weighted by molar-refractivity contribution is 5.82. The quantitative estimate of drug-likeness (QED) is 0.614. The normalized spacial score (nSPS) is 17.4. The largest absolute Gasteiger partial charge is 0.480 e. The maximum Gasteiger partial charge on any atom is 0.328 e. The molecule has 1 fully saturated rings. The van der Waals surface area contributed by atoms with Crippen LogP contribution in [0.15, 0.2) is 0 Å². The van der Waals surface area contributed by atoms with Crippen molar-refractivity contribution >= 4 is 12.0 Å². The van der Waals surface area contributed by atoms with Crippen LogP contribution in [0, 0.1) is 5.92 Å². The van der Waals surface area contributed by atoms with E-state index in [4.69, 9.17) is 10.2 Å². The lowest BCUT2D eigenvalue weighted by atomic mass is 9.85. The van der Waals surface area contributed by atoms with Gasteiger partial charge in [-0.2, -0.15) is 0 Å². The van der Waals surface area contributed by atoms with Crippen molar-refractivity contribution < 1.29 is 19.8 Å². The highest BCUT2D eigenvalue weighted by Crippen LogP contribution is 2.26. The minimum atomic E-state index is -1.23. The fourth-order valence-corrected chi connectivity index (χ4v) is 1.59. The molecule has 0 spiro atoms. The molecule has 1 atom stereocenters. The lowest BCUT2D eigenvalue weighted by Crippen LogP contribution is -2.49. The molecule has 1 aliphatic rings. The SMILES string of the molecule is CN(CC1CCC1)C(=O)NC(CO)C(=O)O. The summed E-state index contributed by atoms with van der Waals surface area (Å²) >= 11 is 0. The molecule has 1 aliphatic carbocycles. The van der Waals surface area contributed by atoms with Gasteiger partial charge in [-0.05, 0) is 18.8 Å². The molecule has 16 heavy (non-hydrogen) atoms. The molecule has 0 bridgehead atoms. The first-order valence-corrected chi connectivity index (χ1v) is 5.40. The molecule has 2 amide bonds. The van der Waals surface area contributed by atoms with Gasteiger partial charge in [0.05, 0.1) is 6.61 Å². The van der Waals surface area contributed by atoms with E-state index >= 15 is 0 Å². The zero-order valence-electron chi connectivity index (χ0n) is 9.35. The van der Waals surface area contributed by atoms with Gasteiger partial charge >= 0.3 is 12.0 Å². The Morgan fingerprint density at radius 3 is 2.50 bits per heavy atom. The van der Waals surface area contributed by atoms with Crippen LogP contribution in [0.5, 0.6) is 0 Å². The molecule has 1 saturated carbocycles. The molecule has 3 N–H and O–H groups in total. The fraction of sp³-hybridized carbons (Fsp3) is 0.800. The van der Waals surface area contributed by atoms with Gasteiger partial charge in [-0.1, -0.05) is 6.42 Å². The number of aliphatic carboxylic acids is 1. The molecular weight excluding hydrogens is 212 g/mol. The average Bonchev–Trinajstić information content (AvgIpc) is 2.18. The zero-order valence-corrected chi connectivity index (χ0v) is 9.35. The first kappa shape index (κ1) is 12.8. The van der Waals surface area contributed by atoms with E-state index in [0.29, 0.717) is 12.5 Å². The molecule has 0 saturated heterocycles. The number of urea groups is 1. The summed E-state index contributed by atoms with van der Waals surface area (Å²) in [4.78, 5) is 23.6. The van der Waals surface area contributed by atoms with E-state index < -0.39 is 24.6 Å². The topological polar surface area (TPSA) is 89.9 Å². The Hall–Kier alpha value is -1.30. The lowest BCUT2D eigenvalue weighted by molar-refractivity contribution is -0.140. The van der Waals surface area contributed by atoms with Gasteiger partial charge in [-0.25, -0.2) is 9.59 Å². The van der Waals surface area contributed by atoms with Crippen LogP contribution in [0.3, 0.4) is 0 Å². The van der Waals surface area contributed by atoms with E-state index in [1.54, 1.807) is 7.05 Å². The summed E-state index contributed by atoms with van der Waals surface area (Å²) < 4.78 is 0. The number of aliphatic hydroxyl groups is 1. The Morgan fingerprint density at radius 1 is 1.50 bits per heavy atom. The lowest BCUT2D eigenvalue weighted by Gasteiger charge is -2.30. The summed E-state index contributed by atoms with van der Waals surface area (Å²) in [6, 6.07) is -1.68. The van der Waals surface area contributed by atoms with Crippen LogP contribution < -0.4 is 5.32 Å². The smallest absolute Gasteiger partial charge is 0.328 e. The van der Waals surface area contributed by atoms with Gasteiger partial charge in [0, 0.05) is 13.6 Å². The van der Waals surface area contributed by atoms with Crippen LogP contribution in [-0.2, 0) is 4.79 Å². The van der Waals surface area contributed by atoms with Crippen LogP contribution in [0.4, 0.5) is 4.79 Å². The van der Waals surface area contributed by atoms with E-state index in [1.165, 1.54) is 11.3 Å². The number of amides is 2. The third-order valence-corrected chi connectivity index (χ3v) is 2.88. The van der Waals surface area contributed by atoms with E-state index in [0.717, 1.165) is 12.8 Å². The second kappa shape index (κ2) is 5.69. The Bertz CT molecular complexity index is 266. The maximum atomic E-state index is 11.5. The van der Waals surface area contributed by atoms with Crippen molar-refractivity contribution in [2.75, 3.05) is 20.2 Å². The van der Waals surface area contributed by atoms with Gasteiger partial charge in [-0.3, -0.25) is 0 Å². The molecule has 0 aliphatic heterocycles. The zero-order chi connectivity index (χ0) is 12.1. The number of carboxylic acids is 1. The van der Waals surface area contributed by atoms with Gasteiger partial charge in [0.1, 0.15) is 0 Å². The molecule has 0 aromatic heterocycles. The summed E-state index contributed by atoms with van der Waals surface area (Å²) in [5.74, 6) is -0.693. The van der Waals surface area contributed by atoms with Crippen molar-refractivity contribution in [3.05, 3.63) is 0 Å². The van der Waals surface area contributed by atoms with Crippen LogP contribution in [0.2, 0.25) is 0 Å². The molecular formula is C10H18N2O4. The predicted octanol–water partition coefficient (Wildman–Crippen LogP) is -0.127. The number of hydrogen-bond acceptors (Lipinski definition) is 3. The summed E-state index contributed by atoms with van der Waals surface area (Å²) in [6.07, 6.45) is 3.45. The van der Waals surface area contributed by atoms with E-state index in [2.05, 4.69) is 5.32 Å². The Labute approximate surface area is 94.2 Å². The maximum absolute atomic E-state index is 11.5. The summed E-state index contributed by atoms with van der Waals surface area (Å²) in [6.45, 7) is 0.0436. The number of carboxylic acid groups (broad SMARTS) is 1. The van der Waals surface area contributed by atoms with E-state index in [9.17, 15) is 9.59 Å². The third kappa shape index (κ3) is 3.37. The molecule has 0 heterocycles. The van der Waals surface area contributed by atoms with Gasteiger partial charge in [0.2, 0.25) is 0 Å². The first-order valence-electron chi connectivity index (χ1n) is 5.40. The number of nitrogens with one attached hydrogen (secondary N) is 1. The summed E-state index contributed by atoms with van der Waals surface area (Å²) in [7, 11) is 1.63. The molecule has 0 radical (unpaired) electrons. The minimum absolute atomic E-state index is 0.451. The van der Waals surface area contributed by atoms with E-state index in [1.807, 2.05) is 0 Å². The summed E-state index contributed by atoms with van der Waals surface area (Å²) in [5, 5.41) is 19.7. The second-order valence-electron chi connectivity index (χ2n) is 4.20. The fourth-order valence-electron chi connectivity index (χ4n) is 1.59. The van der Waals surface area contributed by atoms with Crippen molar-refractivity contribution in [2.24, 2.45) is 5.92 Å². The molecule has 6 nitrogen and oxygen atoms in total. The number of carbonyl (C=O) groups is 2.